The summed E-state index contributed by atoms with van der Waals surface area (Å²) in [6.07, 6.45) is 1.42. The first-order valence-electron chi connectivity index (χ1n) is 5.16. The molecule has 0 spiro atoms. The first-order valence-corrected chi connectivity index (χ1v) is 5.16. The van der Waals surface area contributed by atoms with E-state index in [9.17, 15) is 4.79 Å². The SMILES string of the molecule is CC1CC(N2C(=O)CNC2C)C1C. The molecular formula is C10H18N2O. The summed E-state index contributed by atoms with van der Waals surface area (Å²) in [7, 11) is 0. The van der Waals surface area contributed by atoms with E-state index in [1.807, 2.05) is 4.90 Å². The van der Waals surface area contributed by atoms with Crippen molar-refractivity contribution in [1.82, 2.24) is 10.2 Å². The second-order valence-corrected chi connectivity index (χ2v) is 4.50. The molecule has 4 unspecified atom stereocenters. The Bertz CT molecular complexity index is 229. The van der Waals surface area contributed by atoms with Gasteiger partial charge in [0.2, 0.25) is 5.91 Å². The normalized spacial score (nSPS) is 45.2. The largest absolute Gasteiger partial charge is 0.323 e. The standard InChI is InChI=1S/C10H18N2O/c1-6-4-9(7(6)2)12-8(3)11-5-10(12)13/h6-9,11H,4-5H2,1-3H3. The number of nitrogens with zero attached hydrogens (tertiary/aromatic N) is 1. The van der Waals surface area contributed by atoms with E-state index in [2.05, 4.69) is 26.1 Å². The van der Waals surface area contributed by atoms with Gasteiger partial charge in [-0.3, -0.25) is 10.1 Å². The Balaban J connectivity index is 2.04. The van der Waals surface area contributed by atoms with Crippen molar-refractivity contribution in [2.45, 2.75) is 39.4 Å². The molecule has 13 heavy (non-hydrogen) atoms. The average Bonchev–Trinajstić information content (AvgIpc) is 2.42. The van der Waals surface area contributed by atoms with Crippen molar-refractivity contribution in [3.63, 3.8) is 0 Å². The first-order chi connectivity index (χ1) is 6.11. The van der Waals surface area contributed by atoms with Gasteiger partial charge in [-0.25, -0.2) is 0 Å². The molecule has 0 aromatic carbocycles. The summed E-state index contributed by atoms with van der Waals surface area (Å²) in [5.74, 6) is 1.73. The summed E-state index contributed by atoms with van der Waals surface area (Å²) in [6.45, 7) is 7.11. The third-order valence-electron chi connectivity index (χ3n) is 3.73. The molecule has 0 radical (unpaired) electrons. The Morgan fingerprint density at radius 2 is 2.08 bits per heavy atom. The number of nitrogens with one attached hydrogen (secondary N) is 1. The molecule has 0 bridgehead atoms. The van der Waals surface area contributed by atoms with Gasteiger partial charge in [0.1, 0.15) is 0 Å². The maximum absolute atomic E-state index is 11.5. The van der Waals surface area contributed by atoms with E-state index in [0.717, 1.165) is 5.92 Å². The Labute approximate surface area is 79.5 Å². The molecule has 0 aromatic rings. The van der Waals surface area contributed by atoms with Crippen LogP contribution in [-0.4, -0.2) is 29.6 Å². The molecule has 2 aliphatic rings. The van der Waals surface area contributed by atoms with Crippen molar-refractivity contribution in [3.05, 3.63) is 0 Å². The maximum Gasteiger partial charge on any atom is 0.238 e. The fourth-order valence-corrected chi connectivity index (χ4v) is 2.47. The molecule has 74 valence electrons. The predicted octanol–water partition coefficient (Wildman–Crippen LogP) is 0.809. The van der Waals surface area contributed by atoms with Crippen LogP contribution >= 0.6 is 0 Å². The molecule has 1 aliphatic carbocycles. The van der Waals surface area contributed by atoms with Crippen LogP contribution in [0.3, 0.4) is 0 Å². The van der Waals surface area contributed by atoms with Crippen molar-refractivity contribution in [2.75, 3.05) is 6.54 Å². The number of hydrogen-bond acceptors (Lipinski definition) is 2. The third-order valence-corrected chi connectivity index (χ3v) is 3.73. The quantitative estimate of drug-likeness (QED) is 0.651. The maximum atomic E-state index is 11.5. The van der Waals surface area contributed by atoms with Gasteiger partial charge in [-0.2, -0.15) is 0 Å². The van der Waals surface area contributed by atoms with Crippen LogP contribution in [-0.2, 0) is 4.79 Å². The van der Waals surface area contributed by atoms with E-state index in [1.165, 1.54) is 6.42 Å². The zero-order chi connectivity index (χ0) is 9.59. The minimum absolute atomic E-state index is 0.243. The molecule has 4 atom stereocenters. The van der Waals surface area contributed by atoms with Gasteiger partial charge in [0.05, 0.1) is 12.7 Å². The highest BCUT2D eigenvalue weighted by Gasteiger charge is 2.44. The lowest BCUT2D eigenvalue weighted by Gasteiger charge is -2.47. The number of carbonyl (C=O) groups is 1. The molecule has 0 aromatic heterocycles. The van der Waals surface area contributed by atoms with E-state index in [0.29, 0.717) is 18.5 Å². The molecule has 2 rings (SSSR count). The van der Waals surface area contributed by atoms with Crippen LogP contribution < -0.4 is 5.32 Å². The van der Waals surface area contributed by atoms with Crippen LogP contribution in [0.1, 0.15) is 27.2 Å². The van der Waals surface area contributed by atoms with Gasteiger partial charge in [-0.05, 0) is 25.2 Å². The molecule has 1 amide bonds. The number of rotatable bonds is 1. The lowest BCUT2D eigenvalue weighted by Crippen LogP contribution is -2.54. The third kappa shape index (κ3) is 1.26. The molecule has 3 heteroatoms. The number of carbonyl (C=O) groups excluding carboxylic acids is 1. The van der Waals surface area contributed by atoms with Crippen LogP contribution in [0.5, 0.6) is 0 Å². The van der Waals surface area contributed by atoms with Crippen LogP contribution in [0, 0.1) is 11.8 Å². The van der Waals surface area contributed by atoms with E-state index >= 15 is 0 Å². The minimum atomic E-state index is 0.243. The summed E-state index contributed by atoms with van der Waals surface area (Å²) < 4.78 is 0. The summed E-state index contributed by atoms with van der Waals surface area (Å²) >= 11 is 0. The van der Waals surface area contributed by atoms with Gasteiger partial charge in [0.25, 0.3) is 0 Å². The monoisotopic (exact) mass is 182 g/mol. The van der Waals surface area contributed by atoms with Crippen molar-refractivity contribution in [3.8, 4) is 0 Å². The van der Waals surface area contributed by atoms with Gasteiger partial charge in [0.15, 0.2) is 0 Å². The van der Waals surface area contributed by atoms with Crippen LogP contribution in [0.4, 0.5) is 0 Å². The molecule has 2 fully saturated rings. The van der Waals surface area contributed by atoms with Gasteiger partial charge >= 0.3 is 0 Å². The van der Waals surface area contributed by atoms with Gasteiger partial charge in [-0.1, -0.05) is 13.8 Å². The molecule has 1 N–H and O–H groups in total. The highest BCUT2D eigenvalue weighted by Crippen LogP contribution is 2.38. The molecular weight excluding hydrogens is 164 g/mol. The van der Waals surface area contributed by atoms with Crippen molar-refractivity contribution in [2.24, 2.45) is 11.8 Å². The molecule has 1 heterocycles. The summed E-state index contributed by atoms with van der Waals surface area (Å²) in [5.41, 5.74) is 0. The van der Waals surface area contributed by atoms with Gasteiger partial charge in [0, 0.05) is 6.04 Å². The topological polar surface area (TPSA) is 32.3 Å². The van der Waals surface area contributed by atoms with E-state index < -0.39 is 0 Å². The van der Waals surface area contributed by atoms with Crippen molar-refractivity contribution >= 4 is 5.91 Å². The summed E-state index contributed by atoms with van der Waals surface area (Å²) in [6, 6.07) is 0.493. The second-order valence-electron chi connectivity index (χ2n) is 4.50. The van der Waals surface area contributed by atoms with E-state index in [1.54, 1.807) is 0 Å². The fraction of sp³-hybridized carbons (Fsp3) is 0.900. The Morgan fingerprint density at radius 3 is 2.46 bits per heavy atom. The van der Waals surface area contributed by atoms with Gasteiger partial charge in [-0.15, -0.1) is 0 Å². The summed E-state index contributed by atoms with van der Waals surface area (Å²) in [4.78, 5) is 13.6. The van der Waals surface area contributed by atoms with E-state index in [4.69, 9.17) is 0 Å². The Kier molecular flexibility index (Phi) is 2.06. The van der Waals surface area contributed by atoms with Crippen LogP contribution in [0.15, 0.2) is 0 Å². The number of hydrogen-bond donors (Lipinski definition) is 1. The predicted molar refractivity (Wildman–Crippen MR) is 51.0 cm³/mol. The highest BCUT2D eigenvalue weighted by atomic mass is 16.2. The Morgan fingerprint density at radius 1 is 1.38 bits per heavy atom. The number of amides is 1. The second kappa shape index (κ2) is 2.98. The van der Waals surface area contributed by atoms with Crippen molar-refractivity contribution in [1.29, 1.82) is 0 Å². The lowest BCUT2D eigenvalue weighted by molar-refractivity contribution is -0.135. The lowest BCUT2D eigenvalue weighted by atomic mass is 9.70. The molecule has 3 nitrogen and oxygen atoms in total. The molecule has 1 aliphatic heterocycles. The molecule has 1 saturated heterocycles. The van der Waals surface area contributed by atoms with Crippen molar-refractivity contribution < 1.29 is 4.79 Å². The Hall–Kier alpha value is -0.570. The van der Waals surface area contributed by atoms with Gasteiger partial charge < -0.3 is 4.90 Å². The highest BCUT2D eigenvalue weighted by molar-refractivity contribution is 5.81. The van der Waals surface area contributed by atoms with Crippen LogP contribution in [0.2, 0.25) is 0 Å². The minimum Gasteiger partial charge on any atom is -0.323 e. The average molecular weight is 182 g/mol. The molecule has 1 saturated carbocycles. The zero-order valence-electron chi connectivity index (χ0n) is 8.58. The summed E-state index contributed by atoms with van der Waals surface area (Å²) in [5, 5.41) is 3.18. The zero-order valence-corrected chi connectivity index (χ0v) is 8.58. The smallest absolute Gasteiger partial charge is 0.238 e. The first kappa shape index (κ1) is 9.00. The fourth-order valence-electron chi connectivity index (χ4n) is 2.47. The van der Waals surface area contributed by atoms with Crippen LogP contribution in [0.25, 0.3) is 0 Å². The van der Waals surface area contributed by atoms with E-state index in [-0.39, 0.29) is 12.1 Å².